The number of anilines is 1. The van der Waals surface area contributed by atoms with Crippen molar-refractivity contribution in [1.29, 1.82) is 0 Å². The summed E-state index contributed by atoms with van der Waals surface area (Å²) in [6, 6.07) is 13.1. The van der Waals surface area contributed by atoms with Gasteiger partial charge < -0.3 is 40.4 Å². The van der Waals surface area contributed by atoms with Gasteiger partial charge in [-0.05, 0) is 67.3 Å². The van der Waals surface area contributed by atoms with Crippen molar-refractivity contribution in [1.82, 2.24) is 10.6 Å². The van der Waals surface area contributed by atoms with Gasteiger partial charge in [-0.3, -0.25) is 0 Å². The number of rotatable bonds is 15. The highest BCUT2D eigenvalue weighted by atomic mass is 16.5. The third-order valence-corrected chi connectivity index (χ3v) is 4.91. The van der Waals surface area contributed by atoms with Crippen LogP contribution >= 0.6 is 0 Å². The van der Waals surface area contributed by atoms with Crippen LogP contribution in [0.4, 0.5) is 10.5 Å². The quantitative estimate of drug-likeness (QED) is 0.205. The van der Waals surface area contributed by atoms with Gasteiger partial charge in [0.2, 0.25) is 0 Å². The molecule has 0 aliphatic heterocycles. The van der Waals surface area contributed by atoms with Crippen LogP contribution in [0.1, 0.15) is 12.8 Å². The van der Waals surface area contributed by atoms with Crippen molar-refractivity contribution in [2.24, 2.45) is 5.92 Å². The second-order valence-electron chi connectivity index (χ2n) is 7.93. The fraction of sp³-hybridized carbons (Fsp3) is 0.458. The first-order chi connectivity index (χ1) is 16.1. The van der Waals surface area contributed by atoms with Crippen LogP contribution in [-0.4, -0.2) is 68.4 Å². The smallest absolute Gasteiger partial charge is 0.319 e. The highest BCUT2D eigenvalue weighted by Crippen LogP contribution is 2.28. The number of aliphatic hydroxyl groups excluding tert-OH is 1. The van der Waals surface area contributed by atoms with Crippen molar-refractivity contribution in [3.05, 3.63) is 48.5 Å². The van der Waals surface area contributed by atoms with Gasteiger partial charge in [0.1, 0.15) is 36.6 Å². The molecule has 0 aromatic heterocycles. The minimum atomic E-state index is -0.685. The Morgan fingerprint density at radius 2 is 1.67 bits per heavy atom. The number of aliphatic hydroxyl groups is 1. The monoisotopic (exact) mass is 459 g/mol. The lowest BCUT2D eigenvalue weighted by Gasteiger charge is -2.14. The number of nitrogens with one attached hydrogen (secondary N) is 3. The van der Waals surface area contributed by atoms with Gasteiger partial charge in [-0.1, -0.05) is 0 Å². The van der Waals surface area contributed by atoms with Gasteiger partial charge in [0.15, 0.2) is 0 Å². The first kappa shape index (κ1) is 24.6. The van der Waals surface area contributed by atoms with Crippen LogP contribution in [0.3, 0.4) is 0 Å². The first-order valence-corrected chi connectivity index (χ1v) is 11.2. The fourth-order valence-electron chi connectivity index (χ4n) is 2.89. The Kier molecular flexibility index (Phi) is 10.1. The Hall–Kier alpha value is -3.01. The summed E-state index contributed by atoms with van der Waals surface area (Å²) >= 11 is 0. The minimum Gasteiger partial charge on any atom is -0.508 e. The van der Waals surface area contributed by atoms with Crippen LogP contribution in [0.2, 0.25) is 0 Å². The highest BCUT2D eigenvalue weighted by Gasteiger charge is 2.20. The Bertz CT molecular complexity index is 827. The summed E-state index contributed by atoms with van der Waals surface area (Å²) in [6.45, 7) is 3.32. The van der Waals surface area contributed by atoms with Crippen molar-refractivity contribution in [3.8, 4) is 17.2 Å². The number of carbonyl (C=O) groups is 1. The molecule has 2 aromatic rings. The molecule has 1 saturated carbocycles. The van der Waals surface area contributed by atoms with Gasteiger partial charge in [-0.15, -0.1) is 0 Å². The van der Waals surface area contributed by atoms with Gasteiger partial charge >= 0.3 is 6.03 Å². The SMILES string of the molecule is O=C(NCCNCC(O)COc1ccc(OCCOCC2CC2)cc1)Nc1ccc(O)cc1. The van der Waals surface area contributed by atoms with Crippen molar-refractivity contribution >= 4 is 11.7 Å². The standard InChI is InChI=1S/C24H33N3O6/c28-20-5-3-19(4-6-20)27-24(30)26-12-11-25-15-21(29)17-33-23-9-7-22(8-10-23)32-14-13-31-16-18-1-2-18/h3-10,18,21,25,28-29H,1-2,11-17H2,(H2,26,27,30). The van der Waals surface area contributed by atoms with Crippen LogP contribution in [0.5, 0.6) is 17.2 Å². The summed E-state index contributed by atoms with van der Waals surface area (Å²) in [4.78, 5) is 11.8. The lowest BCUT2D eigenvalue weighted by atomic mass is 10.3. The van der Waals surface area contributed by atoms with Crippen molar-refractivity contribution in [3.63, 3.8) is 0 Å². The summed E-state index contributed by atoms with van der Waals surface area (Å²) in [5.41, 5.74) is 0.586. The van der Waals surface area contributed by atoms with E-state index in [0.717, 1.165) is 18.3 Å². The van der Waals surface area contributed by atoms with E-state index in [4.69, 9.17) is 14.2 Å². The van der Waals surface area contributed by atoms with Crippen LogP contribution in [0.25, 0.3) is 0 Å². The average molecular weight is 460 g/mol. The number of phenolic OH excluding ortho intramolecular Hbond substituents is 1. The summed E-state index contributed by atoms with van der Waals surface area (Å²) in [5, 5.41) is 27.7. The number of urea groups is 1. The maximum Gasteiger partial charge on any atom is 0.319 e. The van der Waals surface area contributed by atoms with Gasteiger partial charge in [0.05, 0.1) is 6.61 Å². The van der Waals surface area contributed by atoms with Gasteiger partial charge in [0, 0.05) is 31.9 Å². The molecule has 0 heterocycles. The summed E-state index contributed by atoms with van der Waals surface area (Å²) < 4.78 is 16.8. The molecule has 0 radical (unpaired) electrons. The molecule has 3 rings (SSSR count). The molecule has 1 atom stereocenters. The van der Waals surface area contributed by atoms with E-state index in [-0.39, 0.29) is 18.4 Å². The zero-order chi connectivity index (χ0) is 23.3. The number of amides is 2. The van der Waals surface area contributed by atoms with E-state index in [2.05, 4.69) is 16.0 Å². The van der Waals surface area contributed by atoms with Gasteiger partial charge in [-0.25, -0.2) is 4.79 Å². The van der Waals surface area contributed by atoms with E-state index < -0.39 is 6.10 Å². The Labute approximate surface area is 194 Å². The summed E-state index contributed by atoms with van der Waals surface area (Å²) in [7, 11) is 0. The molecule has 0 bridgehead atoms. The van der Waals surface area contributed by atoms with Gasteiger partial charge in [0.25, 0.3) is 0 Å². The molecule has 2 aromatic carbocycles. The molecule has 0 spiro atoms. The Morgan fingerprint density at radius 3 is 2.36 bits per heavy atom. The largest absolute Gasteiger partial charge is 0.508 e. The van der Waals surface area contributed by atoms with E-state index in [9.17, 15) is 15.0 Å². The van der Waals surface area contributed by atoms with E-state index in [1.807, 2.05) is 12.1 Å². The van der Waals surface area contributed by atoms with Crippen molar-refractivity contribution in [2.45, 2.75) is 18.9 Å². The lowest BCUT2D eigenvalue weighted by Crippen LogP contribution is -2.38. The molecule has 33 heavy (non-hydrogen) atoms. The Balaban J connectivity index is 1.19. The van der Waals surface area contributed by atoms with E-state index >= 15 is 0 Å². The highest BCUT2D eigenvalue weighted by molar-refractivity contribution is 5.89. The van der Waals surface area contributed by atoms with E-state index in [1.165, 1.54) is 25.0 Å². The zero-order valence-corrected chi connectivity index (χ0v) is 18.7. The fourth-order valence-corrected chi connectivity index (χ4v) is 2.89. The molecule has 9 nitrogen and oxygen atoms in total. The second kappa shape index (κ2) is 13.5. The first-order valence-electron chi connectivity index (χ1n) is 11.2. The maximum atomic E-state index is 11.8. The number of benzene rings is 2. The number of phenols is 1. The molecule has 9 heteroatoms. The molecule has 1 unspecified atom stereocenters. The normalized spacial score (nSPS) is 13.8. The minimum absolute atomic E-state index is 0.138. The third kappa shape index (κ3) is 10.4. The van der Waals surface area contributed by atoms with E-state index in [0.29, 0.717) is 44.3 Å². The number of aromatic hydroxyl groups is 1. The molecule has 1 aliphatic rings. The number of hydrogen-bond acceptors (Lipinski definition) is 7. The number of carbonyl (C=O) groups excluding carboxylic acids is 1. The molecular formula is C24H33N3O6. The number of hydrogen-bond donors (Lipinski definition) is 5. The van der Waals surface area contributed by atoms with Crippen molar-refractivity contribution in [2.75, 3.05) is 51.4 Å². The predicted octanol–water partition coefficient (Wildman–Crippen LogP) is 2.35. The zero-order valence-electron chi connectivity index (χ0n) is 18.7. The molecule has 0 saturated heterocycles. The molecular weight excluding hydrogens is 426 g/mol. The van der Waals surface area contributed by atoms with Gasteiger partial charge in [-0.2, -0.15) is 0 Å². The molecule has 2 amide bonds. The van der Waals surface area contributed by atoms with Crippen LogP contribution in [0.15, 0.2) is 48.5 Å². The average Bonchev–Trinajstić information content (AvgIpc) is 3.64. The lowest BCUT2D eigenvalue weighted by molar-refractivity contribution is 0.0926. The Morgan fingerprint density at radius 1 is 0.970 bits per heavy atom. The van der Waals surface area contributed by atoms with E-state index in [1.54, 1.807) is 24.3 Å². The predicted molar refractivity (Wildman–Crippen MR) is 125 cm³/mol. The summed E-state index contributed by atoms with van der Waals surface area (Å²) in [5.74, 6) is 2.30. The van der Waals surface area contributed by atoms with Crippen molar-refractivity contribution < 1.29 is 29.2 Å². The van der Waals surface area contributed by atoms with Crippen LogP contribution < -0.4 is 25.4 Å². The van der Waals surface area contributed by atoms with Crippen LogP contribution in [-0.2, 0) is 4.74 Å². The third-order valence-electron chi connectivity index (χ3n) is 4.91. The topological polar surface area (TPSA) is 121 Å². The molecule has 1 fully saturated rings. The summed E-state index contributed by atoms with van der Waals surface area (Å²) in [6.07, 6.45) is 1.88. The number of ether oxygens (including phenoxy) is 3. The molecule has 1 aliphatic carbocycles. The molecule has 5 N–H and O–H groups in total. The van der Waals surface area contributed by atoms with Crippen LogP contribution in [0, 0.1) is 5.92 Å². The second-order valence-corrected chi connectivity index (χ2v) is 7.93. The molecule has 180 valence electrons. The maximum absolute atomic E-state index is 11.8.